The molecule has 33 heavy (non-hydrogen) atoms. The van der Waals surface area contributed by atoms with E-state index in [1.165, 1.54) is 6.21 Å². The van der Waals surface area contributed by atoms with Crippen molar-refractivity contribution in [2.24, 2.45) is 5.73 Å². The number of nitrogens with two attached hydrogens (primary N) is 2. The van der Waals surface area contributed by atoms with Gasteiger partial charge in [-0.2, -0.15) is 12.6 Å². The Kier molecular flexibility index (Phi) is 10.6. The highest BCUT2D eigenvalue weighted by atomic mass is 32.1. The molecule has 0 saturated carbocycles. The molecule has 0 aliphatic heterocycles. The fourth-order valence-corrected chi connectivity index (χ4v) is 3.14. The first kappa shape index (κ1) is 25.6. The molecule has 0 bridgehead atoms. The first-order valence-corrected chi connectivity index (χ1v) is 10.9. The smallest absolute Gasteiger partial charge is 0.0862 e. The summed E-state index contributed by atoms with van der Waals surface area (Å²) in [6.45, 7) is 3.15. The minimum absolute atomic E-state index is 0.195. The average molecular weight is 459 g/mol. The molecule has 0 radical (unpaired) electrons. The van der Waals surface area contributed by atoms with E-state index in [1.807, 2.05) is 54.6 Å². The van der Waals surface area contributed by atoms with Crippen molar-refractivity contribution in [1.82, 2.24) is 10.3 Å². The Balaban J connectivity index is 0.00000122. The zero-order chi connectivity index (χ0) is 24.1. The quantitative estimate of drug-likeness (QED) is 0.124. The predicted molar refractivity (Wildman–Crippen MR) is 144 cm³/mol. The molecule has 2 aromatic carbocycles. The van der Waals surface area contributed by atoms with Crippen molar-refractivity contribution in [3.8, 4) is 11.1 Å². The number of hydrogen-bond acceptors (Lipinski definition) is 7. The first-order chi connectivity index (χ1) is 16.0. The van der Waals surface area contributed by atoms with E-state index in [4.69, 9.17) is 22.3 Å². The average Bonchev–Trinajstić information content (AvgIpc) is 2.83. The first-order valence-electron chi connectivity index (χ1n) is 10.4. The van der Waals surface area contributed by atoms with Gasteiger partial charge >= 0.3 is 0 Å². The van der Waals surface area contributed by atoms with Crippen LogP contribution < -0.4 is 16.8 Å². The molecule has 0 unspecified atom stereocenters. The minimum atomic E-state index is 0.195. The van der Waals surface area contributed by atoms with Crippen molar-refractivity contribution >= 4 is 36.3 Å². The minimum Gasteiger partial charge on any atom is -0.398 e. The summed E-state index contributed by atoms with van der Waals surface area (Å²) in [4.78, 5) is 4.16. The van der Waals surface area contributed by atoms with Gasteiger partial charge in [0.25, 0.3) is 0 Å². The normalized spacial score (nSPS) is 11.0. The lowest BCUT2D eigenvalue weighted by Gasteiger charge is -2.11. The van der Waals surface area contributed by atoms with Crippen molar-refractivity contribution in [2.45, 2.75) is 13.5 Å². The predicted octanol–water partition coefficient (Wildman–Crippen LogP) is 4.89. The second-order valence-electron chi connectivity index (χ2n) is 7.07. The molecule has 0 fully saturated rings. The Labute approximate surface area is 200 Å². The number of nitrogens with zero attached hydrogens (tertiary/aromatic N) is 1. The molecule has 3 rings (SSSR count). The van der Waals surface area contributed by atoms with Crippen LogP contribution in [0.25, 0.3) is 17.2 Å². The van der Waals surface area contributed by atoms with Gasteiger partial charge in [0.15, 0.2) is 0 Å². The number of thiol groups is 1. The van der Waals surface area contributed by atoms with Gasteiger partial charge in [0.05, 0.1) is 11.4 Å². The number of benzene rings is 2. The number of allylic oxidation sites excluding steroid dienone is 1. The molecule has 3 aromatic rings. The van der Waals surface area contributed by atoms with Crippen LogP contribution in [0.2, 0.25) is 0 Å². The van der Waals surface area contributed by atoms with Crippen LogP contribution in [0.3, 0.4) is 0 Å². The van der Waals surface area contributed by atoms with E-state index in [1.54, 1.807) is 36.9 Å². The summed E-state index contributed by atoms with van der Waals surface area (Å²) in [5.74, 6) is 0. The third-order valence-electron chi connectivity index (χ3n) is 4.58. The highest BCUT2D eigenvalue weighted by Crippen LogP contribution is 2.25. The molecule has 6 nitrogen and oxygen atoms in total. The van der Waals surface area contributed by atoms with Gasteiger partial charge in [0.2, 0.25) is 0 Å². The van der Waals surface area contributed by atoms with Crippen molar-refractivity contribution < 1.29 is 0 Å². The highest BCUT2D eigenvalue weighted by molar-refractivity contribution is 7.83. The lowest BCUT2D eigenvalue weighted by molar-refractivity contribution is 0.760. The Morgan fingerprint density at radius 2 is 1.91 bits per heavy atom. The molecule has 0 saturated heterocycles. The van der Waals surface area contributed by atoms with E-state index in [-0.39, 0.29) is 5.71 Å². The van der Waals surface area contributed by atoms with Gasteiger partial charge in [-0.05, 0) is 59.5 Å². The second-order valence-corrected chi connectivity index (χ2v) is 7.37. The van der Waals surface area contributed by atoms with Crippen LogP contribution in [0.4, 0.5) is 5.69 Å². The molecule has 7 N–H and O–H groups in total. The van der Waals surface area contributed by atoms with Crippen LogP contribution in [0.15, 0.2) is 84.2 Å². The Morgan fingerprint density at radius 3 is 2.61 bits per heavy atom. The molecule has 7 heteroatoms. The van der Waals surface area contributed by atoms with E-state index in [2.05, 4.69) is 22.9 Å². The summed E-state index contributed by atoms with van der Waals surface area (Å²) in [6, 6.07) is 17.5. The van der Waals surface area contributed by atoms with Gasteiger partial charge in [0.1, 0.15) is 0 Å². The molecule has 0 aliphatic carbocycles. The van der Waals surface area contributed by atoms with Crippen LogP contribution in [0, 0.1) is 10.8 Å². The van der Waals surface area contributed by atoms with Gasteiger partial charge in [-0.15, -0.1) is 0 Å². The lowest BCUT2D eigenvalue weighted by Crippen LogP contribution is -2.14. The molecule has 0 spiro atoms. The Morgan fingerprint density at radius 1 is 1.12 bits per heavy atom. The summed E-state index contributed by atoms with van der Waals surface area (Å²) < 4.78 is 0. The second kappa shape index (κ2) is 13.7. The summed E-state index contributed by atoms with van der Waals surface area (Å²) in [7, 11) is 0. The molecule has 0 amide bonds. The maximum Gasteiger partial charge on any atom is 0.0862 e. The van der Waals surface area contributed by atoms with Gasteiger partial charge in [-0.3, -0.25) is 10.4 Å². The molecular formula is C26H30N6S. The van der Waals surface area contributed by atoms with Crippen molar-refractivity contribution in [3.63, 3.8) is 0 Å². The van der Waals surface area contributed by atoms with Crippen LogP contribution in [-0.4, -0.2) is 23.5 Å². The largest absolute Gasteiger partial charge is 0.398 e. The summed E-state index contributed by atoms with van der Waals surface area (Å²) in [6.07, 6.45) is 8.50. The van der Waals surface area contributed by atoms with Crippen LogP contribution in [0.1, 0.15) is 23.6 Å². The third kappa shape index (κ3) is 8.07. The van der Waals surface area contributed by atoms with E-state index < -0.39 is 0 Å². The topological polar surface area (TPSA) is 125 Å². The Bertz CT molecular complexity index is 1120. The molecule has 0 atom stereocenters. The maximum atomic E-state index is 8.58. The van der Waals surface area contributed by atoms with E-state index in [0.29, 0.717) is 16.9 Å². The van der Waals surface area contributed by atoms with E-state index in [9.17, 15) is 0 Å². The van der Waals surface area contributed by atoms with Crippen molar-refractivity contribution in [3.05, 3.63) is 101 Å². The number of hydrogen-bond donors (Lipinski definition) is 6. The molecular weight excluding hydrogens is 428 g/mol. The van der Waals surface area contributed by atoms with Gasteiger partial charge in [-0.25, -0.2) is 0 Å². The monoisotopic (exact) mass is 458 g/mol. The van der Waals surface area contributed by atoms with Crippen molar-refractivity contribution in [2.75, 3.05) is 12.3 Å². The number of rotatable bonds is 8. The fraction of sp³-hybridized carbons (Fsp3) is 0.115. The van der Waals surface area contributed by atoms with E-state index >= 15 is 0 Å². The maximum absolute atomic E-state index is 8.58. The zero-order valence-corrected chi connectivity index (χ0v) is 19.5. The molecule has 170 valence electrons. The summed E-state index contributed by atoms with van der Waals surface area (Å²) >= 11 is 4.04. The fourth-order valence-electron chi connectivity index (χ4n) is 3.04. The summed E-state index contributed by atoms with van der Waals surface area (Å²) in [5, 5.41) is 19.7. The third-order valence-corrected chi connectivity index (χ3v) is 4.79. The lowest BCUT2D eigenvalue weighted by atomic mass is 9.98. The highest BCUT2D eigenvalue weighted by Gasteiger charge is 2.11. The molecule has 1 aromatic heterocycles. The van der Waals surface area contributed by atoms with Crippen LogP contribution in [0.5, 0.6) is 0 Å². The Hall–Kier alpha value is -3.68. The van der Waals surface area contributed by atoms with Gasteiger partial charge in [0, 0.05) is 42.3 Å². The number of aromatic nitrogens is 1. The number of nitrogens with one attached hydrogen (secondary N) is 3. The SMILES string of the molecule is CC=N.N=C(/C(N)=C/c1cccc(CNC/C=C/S)c1)c1cc(-c2cccnc2)ccc1N. The van der Waals surface area contributed by atoms with Crippen LogP contribution >= 0.6 is 12.6 Å². The van der Waals surface area contributed by atoms with Gasteiger partial charge in [-0.1, -0.05) is 42.5 Å². The number of anilines is 1. The number of pyridine rings is 1. The number of nitrogen functional groups attached to an aromatic ring is 1. The standard InChI is InChI=1S/C24H25N5S.C2H5N/c25-22-8-7-19(20-6-2-9-29-16-20)14-21(22)24(27)23(26)13-17-4-1-5-18(12-17)15-28-10-3-11-30;1-2-3/h1-9,11-14,16,27-28,30H,10,15,25-26H2;2-3H,1H3/b11-3+,23-13-,27-24?;. The molecule has 1 heterocycles. The zero-order valence-electron chi connectivity index (χ0n) is 18.6. The summed E-state index contributed by atoms with van der Waals surface area (Å²) in [5.41, 5.74) is 18.0. The van der Waals surface area contributed by atoms with Crippen LogP contribution in [-0.2, 0) is 6.54 Å². The molecule has 0 aliphatic rings. The van der Waals surface area contributed by atoms with Crippen molar-refractivity contribution in [1.29, 1.82) is 10.8 Å². The van der Waals surface area contributed by atoms with E-state index in [0.717, 1.165) is 35.3 Å². The van der Waals surface area contributed by atoms with Gasteiger partial charge < -0.3 is 22.2 Å².